The van der Waals surface area contributed by atoms with Crippen LogP contribution < -0.4 is 10.6 Å². The minimum atomic E-state index is -0.424. The third kappa shape index (κ3) is 7.70. The fourth-order valence-corrected chi connectivity index (χ4v) is 2.48. The predicted octanol–water partition coefficient (Wildman–Crippen LogP) is 2.31. The molecule has 0 aromatic heterocycles. The lowest BCUT2D eigenvalue weighted by molar-refractivity contribution is 0.0514. The number of rotatable bonds is 6. The average Bonchev–Trinajstić information content (AvgIpc) is 2.36. The van der Waals surface area contributed by atoms with Crippen LogP contribution >= 0.6 is 0 Å². The molecule has 0 heterocycles. The molecule has 2 N–H and O–H groups in total. The number of amides is 1. The van der Waals surface area contributed by atoms with Crippen LogP contribution in [0.1, 0.15) is 46.5 Å². The van der Waals surface area contributed by atoms with E-state index >= 15 is 0 Å². The third-order valence-corrected chi connectivity index (χ3v) is 3.52. The van der Waals surface area contributed by atoms with Gasteiger partial charge in [-0.3, -0.25) is 0 Å². The van der Waals surface area contributed by atoms with Crippen LogP contribution in [0.5, 0.6) is 0 Å². The molecule has 1 amide bonds. The van der Waals surface area contributed by atoms with Gasteiger partial charge in [-0.25, -0.2) is 4.79 Å². The fourth-order valence-electron chi connectivity index (χ4n) is 2.48. The molecule has 0 unspecified atom stereocenters. The number of hydrogen-bond acceptors (Lipinski definition) is 4. The van der Waals surface area contributed by atoms with Crippen molar-refractivity contribution in [2.75, 3.05) is 26.8 Å². The summed E-state index contributed by atoms with van der Waals surface area (Å²) in [7, 11) is 1.72. The highest BCUT2D eigenvalue weighted by atomic mass is 16.6. The Morgan fingerprint density at radius 1 is 1.20 bits per heavy atom. The third-order valence-electron chi connectivity index (χ3n) is 3.52. The van der Waals surface area contributed by atoms with Gasteiger partial charge < -0.3 is 20.1 Å². The molecule has 0 aromatic rings. The zero-order valence-electron chi connectivity index (χ0n) is 13.3. The maximum absolute atomic E-state index is 11.6. The quantitative estimate of drug-likeness (QED) is 0.736. The summed E-state index contributed by atoms with van der Waals surface area (Å²) in [4.78, 5) is 11.6. The van der Waals surface area contributed by atoms with E-state index in [1.165, 1.54) is 12.8 Å². The van der Waals surface area contributed by atoms with Gasteiger partial charge in [0.05, 0.1) is 6.61 Å². The van der Waals surface area contributed by atoms with Gasteiger partial charge in [0.25, 0.3) is 0 Å². The van der Waals surface area contributed by atoms with Crippen LogP contribution in [-0.4, -0.2) is 44.5 Å². The van der Waals surface area contributed by atoms with Gasteiger partial charge in [0.15, 0.2) is 0 Å². The summed E-state index contributed by atoms with van der Waals surface area (Å²) in [6, 6.07) is 0.600. The van der Waals surface area contributed by atoms with Crippen LogP contribution in [0.3, 0.4) is 0 Å². The molecular weight excluding hydrogens is 256 g/mol. The molecule has 5 nitrogen and oxygen atoms in total. The summed E-state index contributed by atoms with van der Waals surface area (Å²) in [6.45, 7) is 8.04. The van der Waals surface area contributed by atoms with E-state index in [9.17, 15) is 4.79 Å². The molecule has 0 spiro atoms. The minimum absolute atomic E-state index is 0.308. The van der Waals surface area contributed by atoms with E-state index in [-0.39, 0.29) is 6.09 Å². The molecule has 1 fully saturated rings. The molecular formula is C15H30N2O3. The minimum Gasteiger partial charge on any atom is -0.444 e. The Morgan fingerprint density at radius 3 is 2.40 bits per heavy atom. The zero-order valence-corrected chi connectivity index (χ0v) is 13.3. The predicted molar refractivity (Wildman–Crippen MR) is 79.9 cm³/mol. The SMILES string of the molecule is COCCNC1CCC(CNC(=O)OC(C)(C)C)CC1. The normalized spacial score (nSPS) is 23.4. The van der Waals surface area contributed by atoms with Crippen LogP contribution in [0.2, 0.25) is 0 Å². The Morgan fingerprint density at radius 2 is 1.85 bits per heavy atom. The first-order valence-electron chi connectivity index (χ1n) is 7.60. The second-order valence-electron chi connectivity index (χ2n) is 6.55. The van der Waals surface area contributed by atoms with Gasteiger partial charge in [-0.05, 0) is 52.4 Å². The molecule has 0 aliphatic heterocycles. The first kappa shape index (κ1) is 17.2. The summed E-state index contributed by atoms with van der Waals surface area (Å²) < 4.78 is 10.3. The van der Waals surface area contributed by atoms with Gasteiger partial charge in [0, 0.05) is 26.2 Å². The summed E-state index contributed by atoms with van der Waals surface area (Å²) in [5.74, 6) is 0.572. The van der Waals surface area contributed by atoms with Crippen LogP contribution in [0, 0.1) is 5.92 Å². The Bertz CT molecular complexity index is 281. The van der Waals surface area contributed by atoms with E-state index in [1.807, 2.05) is 20.8 Å². The summed E-state index contributed by atoms with van der Waals surface area (Å²) in [5.41, 5.74) is -0.424. The first-order chi connectivity index (χ1) is 9.40. The molecule has 20 heavy (non-hydrogen) atoms. The Hall–Kier alpha value is -0.810. The maximum Gasteiger partial charge on any atom is 0.407 e. The van der Waals surface area contributed by atoms with Crippen molar-refractivity contribution in [3.63, 3.8) is 0 Å². The van der Waals surface area contributed by atoms with Crippen molar-refractivity contribution in [3.8, 4) is 0 Å². The molecule has 1 aliphatic rings. The van der Waals surface area contributed by atoms with Crippen LogP contribution in [0.25, 0.3) is 0 Å². The number of ether oxygens (including phenoxy) is 2. The standard InChI is InChI=1S/C15H30N2O3/c1-15(2,3)20-14(18)17-11-12-5-7-13(8-6-12)16-9-10-19-4/h12-13,16H,5-11H2,1-4H3,(H,17,18). The van der Waals surface area contributed by atoms with E-state index in [1.54, 1.807) is 7.11 Å². The van der Waals surface area contributed by atoms with Crippen LogP contribution in [0.15, 0.2) is 0 Å². The number of carbonyl (C=O) groups is 1. The van der Waals surface area contributed by atoms with Gasteiger partial charge in [0.1, 0.15) is 5.60 Å². The van der Waals surface area contributed by atoms with Crippen molar-refractivity contribution in [3.05, 3.63) is 0 Å². The van der Waals surface area contributed by atoms with Crippen molar-refractivity contribution in [1.29, 1.82) is 0 Å². The fraction of sp³-hybridized carbons (Fsp3) is 0.933. The smallest absolute Gasteiger partial charge is 0.407 e. The second kappa shape index (κ2) is 8.47. The van der Waals surface area contributed by atoms with Gasteiger partial charge in [-0.15, -0.1) is 0 Å². The molecule has 118 valence electrons. The van der Waals surface area contributed by atoms with Crippen LogP contribution in [0.4, 0.5) is 4.79 Å². The van der Waals surface area contributed by atoms with Gasteiger partial charge >= 0.3 is 6.09 Å². The first-order valence-corrected chi connectivity index (χ1v) is 7.60. The molecule has 0 radical (unpaired) electrons. The molecule has 0 saturated heterocycles. The lowest BCUT2D eigenvalue weighted by Crippen LogP contribution is -2.39. The average molecular weight is 286 g/mol. The van der Waals surface area contributed by atoms with Crippen molar-refractivity contribution in [2.45, 2.75) is 58.1 Å². The van der Waals surface area contributed by atoms with Crippen molar-refractivity contribution in [2.24, 2.45) is 5.92 Å². The molecule has 1 saturated carbocycles. The Kier molecular flexibility index (Phi) is 7.30. The number of alkyl carbamates (subject to hydrolysis) is 1. The maximum atomic E-state index is 11.6. The lowest BCUT2D eigenvalue weighted by atomic mass is 9.86. The number of nitrogens with one attached hydrogen (secondary N) is 2. The lowest BCUT2D eigenvalue weighted by Gasteiger charge is -2.29. The van der Waals surface area contributed by atoms with Crippen molar-refractivity contribution >= 4 is 6.09 Å². The zero-order chi connectivity index (χ0) is 15.0. The number of methoxy groups -OCH3 is 1. The summed E-state index contributed by atoms with van der Waals surface area (Å²) in [5, 5.41) is 6.38. The van der Waals surface area contributed by atoms with E-state index in [0.717, 1.165) is 32.5 Å². The molecule has 0 aromatic carbocycles. The summed E-state index contributed by atoms with van der Waals surface area (Å²) in [6.07, 6.45) is 4.34. The topological polar surface area (TPSA) is 59.6 Å². The van der Waals surface area contributed by atoms with E-state index in [2.05, 4.69) is 10.6 Å². The van der Waals surface area contributed by atoms with Crippen molar-refractivity contribution < 1.29 is 14.3 Å². The van der Waals surface area contributed by atoms with E-state index in [0.29, 0.717) is 12.0 Å². The highest BCUT2D eigenvalue weighted by Crippen LogP contribution is 2.23. The highest BCUT2D eigenvalue weighted by molar-refractivity contribution is 5.67. The van der Waals surface area contributed by atoms with E-state index < -0.39 is 5.60 Å². The Balaban J connectivity index is 2.12. The monoisotopic (exact) mass is 286 g/mol. The highest BCUT2D eigenvalue weighted by Gasteiger charge is 2.22. The molecule has 1 aliphatic carbocycles. The van der Waals surface area contributed by atoms with E-state index in [4.69, 9.17) is 9.47 Å². The number of carbonyl (C=O) groups excluding carboxylic acids is 1. The number of hydrogen-bond donors (Lipinski definition) is 2. The molecule has 0 atom stereocenters. The van der Waals surface area contributed by atoms with Gasteiger partial charge in [-0.1, -0.05) is 0 Å². The Labute approximate surface area is 122 Å². The van der Waals surface area contributed by atoms with Gasteiger partial charge in [-0.2, -0.15) is 0 Å². The molecule has 5 heteroatoms. The van der Waals surface area contributed by atoms with Crippen molar-refractivity contribution in [1.82, 2.24) is 10.6 Å². The molecule has 0 bridgehead atoms. The largest absolute Gasteiger partial charge is 0.444 e. The van der Waals surface area contributed by atoms with Crippen LogP contribution in [-0.2, 0) is 9.47 Å². The molecule has 1 rings (SSSR count). The van der Waals surface area contributed by atoms with Gasteiger partial charge in [0.2, 0.25) is 0 Å². The second-order valence-corrected chi connectivity index (χ2v) is 6.55. The summed E-state index contributed by atoms with van der Waals surface area (Å²) >= 11 is 0.